The predicted molar refractivity (Wildman–Crippen MR) is 121 cm³/mol. The van der Waals surface area contributed by atoms with Gasteiger partial charge in [0.2, 0.25) is 0 Å². The van der Waals surface area contributed by atoms with Gasteiger partial charge < -0.3 is 19.3 Å². The number of amides is 1. The molecule has 0 radical (unpaired) electrons. The third kappa shape index (κ3) is 4.86. The Balaban J connectivity index is 1.27. The summed E-state index contributed by atoms with van der Waals surface area (Å²) in [5, 5.41) is 0. The minimum Gasteiger partial charge on any atom is -0.444 e. The van der Waals surface area contributed by atoms with Crippen molar-refractivity contribution >= 4 is 17.4 Å². The molecule has 0 aliphatic carbocycles. The lowest BCUT2D eigenvalue weighted by molar-refractivity contribution is -0.0989. The highest BCUT2D eigenvalue weighted by atomic mass is 32.1. The molecule has 30 heavy (non-hydrogen) atoms. The Kier molecular flexibility index (Phi) is 6.48. The molecular weight excluding hydrogens is 396 g/mol. The maximum atomic E-state index is 12.3. The highest BCUT2D eigenvalue weighted by Crippen LogP contribution is 2.44. The number of piperidine rings is 2. The molecule has 3 aliphatic rings. The van der Waals surface area contributed by atoms with Crippen LogP contribution in [0, 0.1) is 5.92 Å². The van der Waals surface area contributed by atoms with Gasteiger partial charge in [0.25, 0.3) is 0 Å². The Morgan fingerprint density at radius 3 is 2.57 bits per heavy atom. The molecule has 1 aromatic rings. The summed E-state index contributed by atoms with van der Waals surface area (Å²) in [5.74, 6) is 0.674. The zero-order chi connectivity index (χ0) is 21.4. The molecule has 1 spiro atoms. The number of likely N-dealkylation sites (tertiary alicyclic amines) is 2. The van der Waals surface area contributed by atoms with Crippen LogP contribution < -0.4 is 0 Å². The number of carbonyl (C=O) groups excluding carboxylic acids is 1. The van der Waals surface area contributed by atoms with E-state index in [4.69, 9.17) is 9.47 Å². The van der Waals surface area contributed by atoms with E-state index in [2.05, 4.69) is 17.9 Å². The van der Waals surface area contributed by atoms with Gasteiger partial charge in [-0.3, -0.25) is 0 Å². The fourth-order valence-electron chi connectivity index (χ4n) is 5.15. The molecule has 0 saturated carbocycles. The number of rotatable bonds is 3. The largest absolute Gasteiger partial charge is 0.444 e. The van der Waals surface area contributed by atoms with E-state index < -0.39 is 5.60 Å². The summed E-state index contributed by atoms with van der Waals surface area (Å²) in [7, 11) is 0. The van der Waals surface area contributed by atoms with Crippen molar-refractivity contribution in [2.24, 2.45) is 5.92 Å². The number of thiophene rings is 1. The Hall–Kier alpha value is -1.11. The topological polar surface area (TPSA) is 42.0 Å². The van der Waals surface area contributed by atoms with Crippen molar-refractivity contribution in [3.05, 3.63) is 21.4 Å². The molecule has 0 atom stereocenters. The minimum absolute atomic E-state index is 0.0336. The Bertz CT molecular complexity index is 738. The van der Waals surface area contributed by atoms with Crippen LogP contribution in [0.4, 0.5) is 4.79 Å². The molecule has 168 valence electrons. The first-order valence-corrected chi connectivity index (χ1v) is 12.6. The van der Waals surface area contributed by atoms with Gasteiger partial charge in [0.15, 0.2) is 0 Å². The van der Waals surface area contributed by atoms with Gasteiger partial charge in [-0.1, -0.05) is 6.92 Å². The van der Waals surface area contributed by atoms with E-state index in [1.807, 2.05) is 37.0 Å². The molecule has 0 aromatic carbocycles. The van der Waals surface area contributed by atoms with Crippen molar-refractivity contribution in [2.75, 3.05) is 39.3 Å². The van der Waals surface area contributed by atoms with E-state index in [-0.39, 0.29) is 11.7 Å². The maximum absolute atomic E-state index is 12.3. The lowest BCUT2D eigenvalue weighted by Crippen LogP contribution is -2.48. The average molecular weight is 435 g/mol. The van der Waals surface area contributed by atoms with Crippen molar-refractivity contribution in [1.82, 2.24) is 9.80 Å². The zero-order valence-corrected chi connectivity index (χ0v) is 20.0. The van der Waals surface area contributed by atoms with Gasteiger partial charge >= 0.3 is 6.09 Å². The van der Waals surface area contributed by atoms with Gasteiger partial charge in [0.1, 0.15) is 5.60 Å². The molecule has 0 N–H and O–H groups in total. The molecule has 4 rings (SSSR count). The molecule has 0 unspecified atom stereocenters. The van der Waals surface area contributed by atoms with E-state index in [1.165, 1.54) is 10.4 Å². The second-order valence-electron chi connectivity index (χ2n) is 10.2. The first-order valence-electron chi connectivity index (χ1n) is 11.7. The summed E-state index contributed by atoms with van der Waals surface area (Å²) < 4.78 is 12.0. The van der Waals surface area contributed by atoms with Gasteiger partial charge in [0, 0.05) is 48.9 Å². The van der Waals surface area contributed by atoms with Crippen LogP contribution in [0.3, 0.4) is 0 Å². The van der Waals surface area contributed by atoms with Crippen LogP contribution in [-0.2, 0) is 27.9 Å². The smallest absolute Gasteiger partial charge is 0.410 e. The minimum atomic E-state index is -0.418. The van der Waals surface area contributed by atoms with Crippen LogP contribution in [0.1, 0.15) is 68.7 Å². The summed E-state index contributed by atoms with van der Waals surface area (Å²) in [6, 6.07) is 2.43. The van der Waals surface area contributed by atoms with Crippen LogP contribution in [0.15, 0.2) is 6.07 Å². The second kappa shape index (κ2) is 8.79. The Morgan fingerprint density at radius 2 is 1.93 bits per heavy atom. The molecule has 6 heteroatoms. The highest BCUT2D eigenvalue weighted by Gasteiger charge is 2.42. The molecule has 2 fully saturated rings. The van der Waals surface area contributed by atoms with Gasteiger partial charge in [0.05, 0.1) is 12.2 Å². The van der Waals surface area contributed by atoms with Gasteiger partial charge in [-0.2, -0.15) is 0 Å². The Morgan fingerprint density at radius 1 is 1.23 bits per heavy atom. The second-order valence-corrected chi connectivity index (χ2v) is 11.4. The first-order chi connectivity index (χ1) is 14.3. The monoisotopic (exact) mass is 434 g/mol. The average Bonchev–Trinajstić information content (AvgIpc) is 3.14. The molecule has 1 amide bonds. The third-order valence-corrected chi connectivity index (χ3v) is 8.19. The molecule has 5 nitrogen and oxygen atoms in total. The number of fused-ring (bicyclic) bond motifs is 2. The van der Waals surface area contributed by atoms with Crippen molar-refractivity contribution in [2.45, 2.75) is 77.4 Å². The van der Waals surface area contributed by atoms with E-state index >= 15 is 0 Å². The van der Waals surface area contributed by atoms with E-state index in [9.17, 15) is 4.79 Å². The third-order valence-electron chi connectivity index (χ3n) is 6.85. The van der Waals surface area contributed by atoms with Crippen LogP contribution in [0.5, 0.6) is 0 Å². The van der Waals surface area contributed by atoms with Gasteiger partial charge in [-0.15, -0.1) is 11.3 Å². The zero-order valence-electron chi connectivity index (χ0n) is 19.2. The lowest BCUT2D eigenvalue weighted by Gasteiger charge is -2.45. The quantitative estimate of drug-likeness (QED) is 0.684. The van der Waals surface area contributed by atoms with Gasteiger partial charge in [-0.05, 0) is 70.4 Å². The standard InChI is InChI=1S/C24H38N2O3S/c1-5-19-16-20-21(30-19)8-15-28-24(20)9-13-25(14-10-24)17-18-6-11-26(12-7-18)22(27)29-23(2,3)4/h16,18H,5-15,17H2,1-4H3. The summed E-state index contributed by atoms with van der Waals surface area (Å²) in [5.41, 5.74) is 1.05. The van der Waals surface area contributed by atoms with Crippen molar-refractivity contribution < 1.29 is 14.3 Å². The number of aryl methyl sites for hydroxylation is 1. The molecule has 4 heterocycles. The number of hydrogen-bond donors (Lipinski definition) is 0. The normalized spacial score (nSPS) is 22.9. The maximum Gasteiger partial charge on any atom is 0.410 e. The van der Waals surface area contributed by atoms with Crippen LogP contribution in [-0.4, -0.2) is 60.8 Å². The van der Waals surface area contributed by atoms with Crippen molar-refractivity contribution in [3.63, 3.8) is 0 Å². The first kappa shape index (κ1) is 22.1. The lowest BCUT2D eigenvalue weighted by atomic mass is 9.81. The number of hydrogen-bond acceptors (Lipinski definition) is 5. The molecule has 0 bridgehead atoms. The van der Waals surface area contributed by atoms with E-state index in [0.29, 0.717) is 5.92 Å². The number of nitrogens with zero attached hydrogens (tertiary/aromatic N) is 2. The number of ether oxygens (including phenoxy) is 2. The Labute approximate surface area is 185 Å². The fourth-order valence-corrected chi connectivity index (χ4v) is 6.32. The fraction of sp³-hybridized carbons (Fsp3) is 0.792. The summed E-state index contributed by atoms with van der Waals surface area (Å²) in [4.78, 5) is 19.9. The summed E-state index contributed by atoms with van der Waals surface area (Å²) in [6.45, 7) is 13.9. The predicted octanol–water partition coefficient (Wildman–Crippen LogP) is 4.82. The van der Waals surface area contributed by atoms with Crippen molar-refractivity contribution in [3.8, 4) is 0 Å². The van der Waals surface area contributed by atoms with Crippen LogP contribution in [0.25, 0.3) is 0 Å². The summed E-state index contributed by atoms with van der Waals surface area (Å²) in [6.07, 6.45) is 6.42. The van der Waals surface area contributed by atoms with E-state index in [0.717, 1.165) is 77.9 Å². The van der Waals surface area contributed by atoms with Crippen molar-refractivity contribution in [1.29, 1.82) is 0 Å². The molecule has 2 saturated heterocycles. The van der Waals surface area contributed by atoms with Crippen LogP contribution in [0.2, 0.25) is 0 Å². The SMILES string of the molecule is CCc1cc2c(s1)CCOC21CCN(CC2CCN(C(=O)OC(C)(C)C)CC2)CC1. The number of carbonyl (C=O) groups is 1. The van der Waals surface area contributed by atoms with Crippen LogP contribution >= 0.6 is 11.3 Å². The van der Waals surface area contributed by atoms with Gasteiger partial charge in [-0.25, -0.2) is 4.79 Å². The molecule has 3 aliphatic heterocycles. The highest BCUT2D eigenvalue weighted by molar-refractivity contribution is 7.12. The molecule has 1 aromatic heterocycles. The summed E-state index contributed by atoms with van der Waals surface area (Å²) >= 11 is 2.00. The molecular formula is C24H38N2O3S. The van der Waals surface area contributed by atoms with E-state index in [1.54, 1.807) is 4.88 Å².